The van der Waals surface area contributed by atoms with E-state index in [2.05, 4.69) is 15.2 Å². The second-order valence-electron chi connectivity index (χ2n) is 5.20. The van der Waals surface area contributed by atoms with Gasteiger partial charge in [0.15, 0.2) is 17.4 Å². The second-order valence-corrected chi connectivity index (χ2v) is 5.20. The molecule has 11 heteroatoms. The van der Waals surface area contributed by atoms with Gasteiger partial charge in [-0.15, -0.1) is 0 Å². The van der Waals surface area contributed by atoms with E-state index in [0.29, 0.717) is 5.56 Å². The van der Waals surface area contributed by atoms with Gasteiger partial charge in [-0.25, -0.2) is 4.98 Å². The third kappa shape index (κ3) is 3.14. The Balaban J connectivity index is 1.97. The number of H-pyrrole nitrogens is 1. The first-order valence-electron chi connectivity index (χ1n) is 6.97. The summed E-state index contributed by atoms with van der Waals surface area (Å²) in [6.07, 6.45) is -4.46. The highest BCUT2D eigenvalue weighted by molar-refractivity contribution is 5.69. The average Bonchev–Trinajstić information content (AvgIpc) is 3.06. The lowest BCUT2D eigenvalue weighted by Crippen LogP contribution is -2.04. The normalized spacial score (nSPS) is 11.5. The van der Waals surface area contributed by atoms with Crippen LogP contribution in [-0.4, -0.2) is 30.3 Å². The van der Waals surface area contributed by atoms with Crippen molar-refractivity contribution in [2.24, 2.45) is 0 Å². The minimum Gasteiger partial charge on any atom is -0.504 e. The molecule has 0 saturated heterocycles. The summed E-state index contributed by atoms with van der Waals surface area (Å²) in [5.41, 5.74) is -1.20. The Hall–Kier alpha value is -3.63. The zero-order valence-corrected chi connectivity index (χ0v) is 12.7. The van der Waals surface area contributed by atoms with E-state index in [4.69, 9.17) is 0 Å². The Bertz CT molecular complexity index is 984. The van der Waals surface area contributed by atoms with Crippen LogP contribution in [0.5, 0.6) is 11.5 Å². The number of halogens is 3. The number of nitro groups is 1. The van der Waals surface area contributed by atoms with Crippen LogP contribution < -0.4 is 0 Å². The minimum atomic E-state index is -4.46. The van der Waals surface area contributed by atoms with Crippen molar-refractivity contribution in [3.63, 3.8) is 0 Å². The zero-order valence-electron chi connectivity index (χ0n) is 12.7. The molecule has 0 fully saturated rings. The molecule has 0 unspecified atom stereocenters. The molecule has 0 atom stereocenters. The summed E-state index contributed by atoms with van der Waals surface area (Å²) in [5, 5.41) is 36.3. The van der Waals surface area contributed by atoms with Gasteiger partial charge in [0.05, 0.1) is 10.5 Å². The molecule has 3 rings (SSSR count). The predicted octanol–water partition coefficient (Wildman–Crippen LogP) is 3.48. The molecule has 0 aliphatic carbocycles. The highest BCUT2D eigenvalue weighted by atomic mass is 19.4. The minimum absolute atomic E-state index is 0.0430. The van der Waals surface area contributed by atoms with Crippen LogP contribution in [0.2, 0.25) is 0 Å². The van der Waals surface area contributed by atoms with Crippen molar-refractivity contribution in [3.8, 4) is 34.3 Å². The van der Waals surface area contributed by atoms with Gasteiger partial charge in [0.2, 0.25) is 5.75 Å². The molecule has 0 radical (unpaired) electrons. The third-order valence-corrected chi connectivity index (χ3v) is 3.50. The van der Waals surface area contributed by atoms with Crippen LogP contribution in [0.1, 0.15) is 5.56 Å². The van der Waals surface area contributed by atoms with Crippen LogP contribution >= 0.6 is 0 Å². The number of hydrogen-bond acceptors (Lipinski definition) is 6. The second kappa shape index (κ2) is 6.02. The number of phenols is 2. The van der Waals surface area contributed by atoms with Gasteiger partial charge >= 0.3 is 11.9 Å². The lowest BCUT2D eigenvalue weighted by atomic mass is 10.1. The summed E-state index contributed by atoms with van der Waals surface area (Å²) in [7, 11) is 0. The maximum atomic E-state index is 12.6. The number of rotatable bonds is 3. The van der Waals surface area contributed by atoms with Crippen LogP contribution in [0, 0.1) is 10.1 Å². The van der Waals surface area contributed by atoms with Crippen LogP contribution in [0.15, 0.2) is 36.4 Å². The molecule has 3 N–H and O–H groups in total. The van der Waals surface area contributed by atoms with Gasteiger partial charge in [-0.1, -0.05) is 12.1 Å². The molecule has 1 aromatic heterocycles. The molecule has 0 aliphatic rings. The standard InChI is InChI=1S/C15H9F3N4O4/c16-15(17,18)9-3-1-7(2-4-9)13-19-14(21-20-13)8-5-10(22(25)26)12(24)11(23)6-8/h1-6,23-24H,(H,19,20,21). The summed E-state index contributed by atoms with van der Waals surface area (Å²) >= 11 is 0. The Morgan fingerprint density at radius 1 is 1.08 bits per heavy atom. The fourth-order valence-electron chi connectivity index (χ4n) is 2.21. The van der Waals surface area contributed by atoms with E-state index in [1.54, 1.807) is 0 Å². The number of aromatic nitrogens is 3. The average molecular weight is 366 g/mol. The van der Waals surface area contributed by atoms with Crippen molar-refractivity contribution < 1.29 is 28.3 Å². The predicted molar refractivity (Wildman–Crippen MR) is 82.2 cm³/mol. The SMILES string of the molecule is O=[N+]([O-])c1cc(-c2n[nH]c(-c3ccc(C(F)(F)F)cc3)n2)cc(O)c1O. The van der Waals surface area contributed by atoms with E-state index in [9.17, 15) is 33.5 Å². The van der Waals surface area contributed by atoms with Crippen molar-refractivity contribution in [3.05, 3.63) is 52.1 Å². The van der Waals surface area contributed by atoms with E-state index in [-0.39, 0.29) is 17.2 Å². The molecule has 2 aromatic carbocycles. The summed E-state index contributed by atoms with van der Waals surface area (Å²) in [4.78, 5) is 14.1. The smallest absolute Gasteiger partial charge is 0.416 e. The molecule has 26 heavy (non-hydrogen) atoms. The molecule has 1 heterocycles. The molecular weight excluding hydrogens is 357 g/mol. The van der Waals surface area contributed by atoms with Crippen molar-refractivity contribution >= 4 is 5.69 Å². The van der Waals surface area contributed by atoms with E-state index < -0.39 is 33.8 Å². The first-order chi connectivity index (χ1) is 12.2. The zero-order chi connectivity index (χ0) is 19.1. The van der Waals surface area contributed by atoms with Gasteiger partial charge in [0, 0.05) is 17.2 Å². The van der Waals surface area contributed by atoms with E-state index in [1.165, 1.54) is 12.1 Å². The fourth-order valence-corrected chi connectivity index (χ4v) is 2.21. The third-order valence-electron chi connectivity index (χ3n) is 3.50. The molecule has 3 aromatic rings. The van der Waals surface area contributed by atoms with Crippen molar-refractivity contribution in [2.75, 3.05) is 0 Å². The number of nitrogens with zero attached hydrogens (tertiary/aromatic N) is 3. The van der Waals surface area contributed by atoms with E-state index >= 15 is 0 Å². The monoisotopic (exact) mass is 366 g/mol. The number of aromatic amines is 1. The molecule has 0 bridgehead atoms. The lowest BCUT2D eigenvalue weighted by Gasteiger charge is -2.06. The highest BCUT2D eigenvalue weighted by Crippen LogP contribution is 2.39. The van der Waals surface area contributed by atoms with Crippen molar-refractivity contribution in [1.82, 2.24) is 15.2 Å². The molecule has 0 spiro atoms. The number of alkyl halides is 3. The van der Waals surface area contributed by atoms with Gasteiger partial charge in [-0.3, -0.25) is 15.2 Å². The largest absolute Gasteiger partial charge is 0.504 e. The van der Waals surface area contributed by atoms with E-state index in [1.807, 2.05) is 0 Å². The number of nitrogens with one attached hydrogen (secondary N) is 1. The summed E-state index contributed by atoms with van der Waals surface area (Å²) in [5.74, 6) is -1.53. The van der Waals surface area contributed by atoms with Crippen LogP contribution in [0.3, 0.4) is 0 Å². The van der Waals surface area contributed by atoms with Crippen LogP contribution in [0.4, 0.5) is 18.9 Å². The quantitative estimate of drug-likeness (QED) is 0.370. The Morgan fingerprint density at radius 2 is 1.73 bits per heavy atom. The van der Waals surface area contributed by atoms with Gasteiger partial charge < -0.3 is 10.2 Å². The number of hydrogen-bond donors (Lipinski definition) is 3. The first kappa shape index (κ1) is 17.2. The Labute approximate surface area is 142 Å². The molecule has 0 amide bonds. The van der Waals surface area contributed by atoms with Gasteiger partial charge in [-0.05, 0) is 18.2 Å². The molecule has 0 aliphatic heterocycles. The van der Waals surface area contributed by atoms with Gasteiger partial charge in [0.25, 0.3) is 0 Å². The number of aromatic hydroxyl groups is 2. The van der Waals surface area contributed by atoms with Gasteiger partial charge in [-0.2, -0.15) is 18.3 Å². The molecule has 0 saturated carbocycles. The topological polar surface area (TPSA) is 125 Å². The Kier molecular flexibility index (Phi) is 3.98. The summed E-state index contributed by atoms with van der Waals surface area (Å²) in [6, 6.07) is 6.16. The maximum absolute atomic E-state index is 12.6. The number of nitro benzene ring substituents is 1. The lowest BCUT2D eigenvalue weighted by molar-refractivity contribution is -0.385. The summed E-state index contributed by atoms with van der Waals surface area (Å²) < 4.78 is 37.8. The maximum Gasteiger partial charge on any atom is 0.416 e. The highest BCUT2D eigenvalue weighted by Gasteiger charge is 2.30. The number of benzene rings is 2. The van der Waals surface area contributed by atoms with Crippen LogP contribution in [0.25, 0.3) is 22.8 Å². The molecular formula is C15H9F3N4O4. The molecule has 8 nitrogen and oxygen atoms in total. The van der Waals surface area contributed by atoms with Crippen LogP contribution in [-0.2, 0) is 6.18 Å². The fraction of sp³-hybridized carbons (Fsp3) is 0.0667. The molecule has 134 valence electrons. The van der Waals surface area contributed by atoms with E-state index in [0.717, 1.165) is 24.3 Å². The van der Waals surface area contributed by atoms with Gasteiger partial charge in [0.1, 0.15) is 0 Å². The van der Waals surface area contributed by atoms with Crippen molar-refractivity contribution in [1.29, 1.82) is 0 Å². The number of phenolic OH excluding ortho intramolecular Hbond substituents is 2. The summed E-state index contributed by atoms with van der Waals surface area (Å²) in [6.45, 7) is 0. The van der Waals surface area contributed by atoms with Crippen molar-refractivity contribution in [2.45, 2.75) is 6.18 Å². The Morgan fingerprint density at radius 3 is 2.31 bits per heavy atom. The first-order valence-corrected chi connectivity index (χ1v) is 6.97.